The molecule has 0 heterocycles. The minimum Gasteiger partial charge on any atom is -0.286 e. The van der Waals surface area contributed by atoms with E-state index in [-0.39, 0.29) is 32.8 Å². The summed E-state index contributed by atoms with van der Waals surface area (Å²) in [6, 6.07) is 12.1. The van der Waals surface area contributed by atoms with Gasteiger partial charge in [0.1, 0.15) is 0 Å². The van der Waals surface area contributed by atoms with Gasteiger partial charge < -0.3 is 0 Å². The Hall–Kier alpha value is -2.13. The fourth-order valence-corrected chi connectivity index (χ4v) is 3.97. The van der Waals surface area contributed by atoms with Crippen LogP contribution in [0.5, 0.6) is 0 Å². The number of hydroxylamine groups is 2. The van der Waals surface area contributed by atoms with Crippen LogP contribution in [0.15, 0.2) is 53.4 Å². The molecule has 2 amide bonds. The largest absolute Gasteiger partial charge is 0.286 e. The van der Waals surface area contributed by atoms with Crippen LogP contribution < -0.4 is 4.72 Å². The maximum absolute atomic E-state index is 12.6. The van der Waals surface area contributed by atoms with Crippen LogP contribution in [0.2, 0.25) is 10.0 Å². The molecule has 0 spiro atoms. The first kappa shape index (κ1) is 21.2. The van der Waals surface area contributed by atoms with Crippen LogP contribution in [0.3, 0.4) is 0 Å². The van der Waals surface area contributed by atoms with Crippen LogP contribution in [0.25, 0.3) is 0 Å². The van der Waals surface area contributed by atoms with E-state index in [1.165, 1.54) is 24.3 Å². The number of carbonyl (C=O) groups is 2. The Morgan fingerprint density at radius 3 is 2.26 bits per heavy atom. The summed E-state index contributed by atoms with van der Waals surface area (Å²) >= 11 is 12.2. The maximum Gasteiger partial charge on any atom is 0.264 e. The van der Waals surface area contributed by atoms with Crippen molar-refractivity contribution >= 4 is 45.5 Å². The molecule has 2 rings (SSSR count). The first-order chi connectivity index (χ1) is 12.7. The number of benzene rings is 2. The standard InChI is InChI=1S/C17H16Cl2N2O5S/c18-15-7-4-8-16(19)14(15)9-12(10-21(24)11-22)17(23)20-27(25,26)13-5-2-1-3-6-13/h1-8,11-12,24H,9-10H2,(H,20,23). The molecule has 0 saturated heterocycles. The lowest BCUT2D eigenvalue weighted by Crippen LogP contribution is -2.41. The summed E-state index contributed by atoms with van der Waals surface area (Å²) in [7, 11) is -4.11. The van der Waals surface area contributed by atoms with Crippen LogP contribution >= 0.6 is 23.2 Å². The predicted octanol–water partition coefficient (Wildman–Crippen LogP) is 2.50. The van der Waals surface area contributed by atoms with Crippen LogP contribution in [0.1, 0.15) is 5.56 Å². The Kier molecular flexibility index (Phi) is 7.20. The van der Waals surface area contributed by atoms with E-state index >= 15 is 0 Å². The second-order valence-electron chi connectivity index (χ2n) is 5.61. The molecule has 7 nitrogen and oxygen atoms in total. The molecule has 0 aliphatic heterocycles. The second kappa shape index (κ2) is 9.18. The number of carbonyl (C=O) groups excluding carboxylic acids is 2. The van der Waals surface area contributed by atoms with Crippen LogP contribution in [0.4, 0.5) is 0 Å². The third-order valence-corrected chi connectivity index (χ3v) is 5.77. The number of rotatable bonds is 8. The molecule has 27 heavy (non-hydrogen) atoms. The lowest BCUT2D eigenvalue weighted by Gasteiger charge is -2.20. The molecule has 0 radical (unpaired) electrons. The lowest BCUT2D eigenvalue weighted by atomic mass is 9.98. The zero-order valence-corrected chi connectivity index (χ0v) is 16.2. The number of nitrogens with zero attached hydrogens (tertiary/aromatic N) is 1. The number of halogens is 2. The second-order valence-corrected chi connectivity index (χ2v) is 8.11. The third kappa shape index (κ3) is 5.67. The monoisotopic (exact) mass is 430 g/mol. The molecular formula is C17H16Cl2N2O5S. The van der Waals surface area contributed by atoms with Crippen molar-refractivity contribution in [2.45, 2.75) is 11.3 Å². The Morgan fingerprint density at radius 2 is 1.70 bits per heavy atom. The van der Waals surface area contributed by atoms with Gasteiger partial charge in [-0.15, -0.1) is 0 Å². The fraction of sp³-hybridized carbons (Fsp3) is 0.176. The summed E-state index contributed by atoms with van der Waals surface area (Å²) < 4.78 is 26.7. The number of amides is 2. The average molecular weight is 431 g/mol. The van der Waals surface area contributed by atoms with Crippen molar-refractivity contribution in [1.82, 2.24) is 9.79 Å². The van der Waals surface area contributed by atoms with E-state index in [4.69, 9.17) is 23.2 Å². The first-order valence-electron chi connectivity index (χ1n) is 7.70. The highest BCUT2D eigenvalue weighted by atomic mass is 35.5. The maximum atomic E-state index is 12.6. The predicted molar refractivity (Wildman–Crippen MR) is 100.0 cm³/mol. The third-order valence-electron chi connectivity index (χ3n) is 3.70. The molecule has 144 valence electrons. The van der Waals surface area contributed by atoms with Crippen molar-refractivity contribution in [3.63, 3.8) is 0 Å². The minimum absolute atomic E-state index is 0.0838. The van der Waals surface area contributed by atoms with E-state index < -0.39 is 28.4 Å². The first-order valence-corrected chi connectivity index (χ1v) is 9.94. The number of hydrogen-bond donors (Lipinski definition) is 2. The number of nitrogens with one attached hydrogen (secondary N) is 1. The van der Waals surface area contributed by atoms with Crippen molar-refractivity contribution in [1.29, 1.82) is 0 Å². The van der Waals surface area contributed by atoms with Crippen molar-refractivity contribution in [3.8, 4) is 0 Å². The van der Waals surface area contributed by atoms with E-state index in [2.05, 4.69) is 0 Å². The highest BCUT2D eigenvalue weighted by Gasteiger charge is 2.27. The molecule has 0 aliphatic rings. The van der Waals surface area contributed by atoms with E-state index in [9.17, 15) is 23.2 Å². The van der Waals surface area contributed by atoms with Gasteiger partial charge in [0, 0.05) is 10.0 Å². The molecule has 2 aromatic carbocycles. The zero-order chi connectivity index (χ0) is 20.0. The van der Waals surface area contributed by atoms with Crippen LogP contribution in [-0.4, -0.2) is 37.6 Å². The van der Waals surface area contributed by atoms with Gasteiger partial charge in [-0.25, -0.2) is 18.2 Å². The minimum atomic E-state index is -4.11. The van der Waals surface area contributed by atoms with Gasteiger partial charge in [0.15, 0.2) is 0 Å². The Morgan fingerprint density at radius 1 is 1.11 bits per heavy atom. The molecular weight excluding hydrogens is 415 g/mol. The number of sulfonamides is 1. The lowest BCUT2D eigenvalue weighted by molar-refractivity contribution is -0.154. The van der Waals surface area contributed by atoms with Gasteiger partial charge in [-0.1, -0.05) is 47.5 Å². The summed E-state index contributed by atoms with van der Waals surface area (Å²) in [4.78, 5) is 23.2. The summed E-state index contributed by atoms with van der Waals surface area (Å²) in [5, 5.41) is 10.3. The molecule has 1 unspecified atom stereocenters. The van der Waals surface area contributed by atoms with E-state index in [1.54, 1.807) is 24.3 Å². The summed E-state index contributed by atoms with van der Waals surface area (Å²) in [5.74, 6) is -2.02. The normalized spacial score (nSPS) is 12.3. The number of hydrogen-bond acceptors (Lipinski definition) is 5. The van der Waals surface area contributed by atoms with Gasteiger partial charge in [-0.05, 0) is 36.2 Å². The molecule has 0 saturated carbocycles. The molecule has 2 aromatic rings. The Bertz CT molecular complexity index is 902. The van der Waals surface area contributed by atoms with Gasteiger partial charge in [0.05, 0.1) is 17.4 Å². The van der Waals surface area contributed by atoms with Crippen molar-refractivity contribution in [2.24, 2.45) is 5.92 Å². The van der Waals surface area contributed by atoms with Crippen molar-refractivity contribution in [3.05, 3.63) is 64.1 Å². The van der Waals surface area contributed by atoms with E-state index in [0.717, 1.165) is 0 Å². The molecule has 0 aliphatic carbocycles. The van der Waals surface area contributed by atoms with Crippen LogP contribution in [0, 0.1) is 5.92 Å². The van der Waals surface area contributed by atoms with Crippen molar-refractivity contribution in [2.75, 3.05) is 6.54 Å². The van der Waals surface area contributed by atoms with Gasteiger partial charge in [0.25, 0.3) is 10.0 Å². The molecule has 0 aromatic heterocycles. The highest BCUT2D eigenvalue weighted by molar-refractivity contribution is 7.90. The summed E-state index contributed by atoms with van der Waals surface area (Å²) in [6.45, 7) is -0.443. The summed E-state index contributed by atoms with van der Waals surface area (Å²) in [5.41, 5.74) is 0.400. The SMILES string of the molecule is O=CN(O)CC(Cc1c(Cl)cccc1Cl)C(=O)NS(=O)(=O)c1ccccc1. The van der Waals surface area contributed by atoms with Crippen LogP contribution in [-0.2, 0) is 26.0 Å². The van der Waals surface area contributed by atoms with Gasteiger partial charge in [-0.2, -0.15) is 0 Å². The quantitative estimate of drug-likeness (QED) is 0.380. The highest BCUT2D eigenvalue weighted by Crippen LogP contribution is 2.27. The molecule has 10 heteroatoms. The zero-order valence-electron chi connectivity index (χ0n) is 13.9. The Labute approximate surface area is 166 Å². The van der Waals surface area contributed by atoms with E-state index in [1.807, 2.05) is 4.72 Å². The average Bonchev–Trinajstić information content (AvgIpc) is 2.64. The van der Waals surface area contributed by atoms with E-state index in [0.29, 0.717) is 5.56 Å². The van der Waals surface area contributed by atoms with Gasteiger partial charge in [0.2, 0.25) is 12.3 Å². The molecule has 2 N–H and O–H groups in total. The summed E-state index contributed by atoms with van der Waals surface area (Å²) in [6.07, 6.45) is 0.0275. The fourth-order valence-electron chi connectivity index (χ4n) is 2.36. The van der Waals surface area contributed by atoms with Gasteiger partial charge >= 0.3 is 0 Å². The molecule has 0 fully saturated rings. The Balaban J connectivity index is 2.28. The smallest absolute Gasteiger partial charge is 0.264 e. The van der Waals surface area contributed by atoms with Gasteiger partial charge in [-0.3, -0.25) is 14.8 Å². The topological polar surface area (TPSA) is 104 Å². The molecule has 0 bridgehead atoms. The molecule has 1 atom stereocenters. The van der Waals surface area contributed by atoms with Crippen molar-refractivity contribution < 1.29 is 23.2 Å².